The van der Waals surface area contributed by atoms with E-state index in [0.717, 1.165) is 101 Å². The van der Waals surface area contributed by atoms with E-state index >= 15 is 0 Å². The van der Waals surface area contributed by atoms with Crippen LogP contribution >= 0.6 is 0 Å². The van der Waals surface area contributed by atoms with Gasteiger partial charge in [-0.1, -0.05) is 261 Å². The molecule has 84 heavy (non-hydrogen) atoms. The van der Waals surface area contributed by atoms with Gasteiger partial charge >= 0.3 is 0 Å². The van der Waals surface area contributed by atoms with Crippen molar-refractivity contribution in [1.82, 2.24) is 4.57 Å². The number of anilines is 6. The molecule has 14 aromatic rings. The van der Waals surface area contributed by atoms with Crippen LogP contribution in [0.3, 0.4) is 0 Å². The first-order valence-corrected chi connectivity index (χ1v) is 29.0. The second-order valence-corrected chi connectivity index (χ2v) is 22.3. The Labute approximate surface area is 489 Å². The molecule has 0 spiro atoms. The Morgan fingerprint density at radius 1 is 0.298 bits per heavy atom. The number of hydrogen-bond acceptors (Lipinski definition) is 3. The topological polar surface area (TPSA) is 20.6 Å². The SMILES string of the molecule is c1ccc(-c2ccc3c(c2)B2c4cc5c(cc4N(c4ccccc4-c4ccccc4)c4cc(-n6c7ccccc7c7ccccc76)cc(c42)N3c2ccccc2-c2ccccc2)Oc2ccccc2C5(c2ccccc2)c2ccccc2)cc1. The molecule has 0 atom stereocenters. The predicted molar refractivity (Wildman–Crippen MR) is 349 cm³/mol. The molecule has 3 aliphatic rings. The van der Waals surface area contributed by atoms with Crippen LogP contribution in [0.15, 0.2) is 315 Å². The van der Waals surface area contributed by atoms with Gasteiger partial charge in [-0.15, -0.1) is 0 Å². The van der Waals surface area contributed by atoms with Crippen LogP contribution in [0.25, 0.3) is 60.9 Å². The summed E-state index contributed by atoms with van der Waals surface area (Å²) >= 11 is 0. The van der Waals surface area contributed by atoms with Crippen molar-refractivity contribution >= 4 is 79.0 Å². The average Bonchev–Trinajstić information content (AvgIpc) is 0.933. The first-order chi connectivity index (χ1) is 41.7. The van der Waals surface area contributed by atoms with Gasteiger partial charge in [-0.25, -0.2) is 0 Å². The van der Waals surface area contributed by atoms with Crippen LogP contribution in [0.4, 0.5) is 34.1 Å². The molecule has 0 unspecified atom stereocenters. The summed E-state index contributed by atoms with van der Waals surface area (Å²) in [6.45, 7) is -0.261. The van der Waals surface area contributed by atoms with Gasteiger partial charge in [-0.2, -0.15) is 0 Å². The molecule has 5 heteroatoms. The first kappa shape index (κ1) is 47.9. The molecule has 0 saturated carbocycles. The van der Waals surface area contributed by atoms with Crippen LogP contribution in [-0.2, 0) is 5.41 Å². The minimum absolute atomic E-state index is 0.261. The Hall–Kier alpha value is -10.9. The largest absolute Gasteiger partial charge is 0.457 e. The van der Waals surface area contributed by atoms with Crippen LogP contribution < -0.4 is 30.9 Å². The molecule has 3 aliphatic heterocycles. The molecule has 4 nitrogen and oxygen atoms in total. The van der Waals surface area contributed by atoms with E-state index in [1.165, 1.54) is 43.9 Å². The Morgan fingerprint density at radius 2 is 0.762 bits per heavy atom. The number of para-hydroxylation sites is 5. The van der Waals surface area contributed by atoms with Gasteiger partial charge in [0.2, 0.25) is 0 Å². The Kier molecular flexibility index (Phi) is 10.9. The van der Waals surface area contributed by atoms with Crippen LogP contribution in [0.5, 0.6) is 11.5 Å². The summed E-state index contributed by atoms with van der Waals surface area (Å²) in [5.41, 5.74) is 24.2. The maximum absolute atomic E-state index is 7.45. The molecule has 392 valence electrons. The molecule has 0 aliphatic carbocycles. The minimum Gasteiger partial charge on any atom is -0.457 e. The molecular weight excluding hydrogens is 1020 g/mol. The zero-order valence-electron chi connectivity index (χ0n) is 45.8. The predicted octanol–water partition coefficient (Wildman–Crippen LogP) is 18.4. The highest BCUT2D eigenvalue weighted by atomic mass is 16.5. The van der Waals surface area contributed by atoms with Crippen LogP contribution in [-0.4, -0.2) is 11.3 Å². The van der Waals surface area contributed by atoms with Gasteiger partial charge in [0, 0.05) is 61.8 Å². The van der Waals surface area contributed by atoms with Gasteiger partial charge < -0.3 is 19.1 Å². The lowest BCUT2D eigenvalue weighted by atomic mass is 9.33. The second-order valence-electron chi connectivity index (χ2n) is 22.3. The molecule has 0 N–H and O–H groups in total. The molecule has 0 saturated heterocycles. The minimum atomic E-state index is -0.762. The average molecular weight is 1070 g/mol. The van der Waals surface area contributed by atoms with Crippen molar-refractivity contribution in [3.05, 3.63) is 338 Å². The highest BCUT2D eigenvalue weighted by Gasteiger charge is 2.50. The Bertz CT molecular complexity index is 4790. The summed E-state index contributed by atoms with van der Waals surface area (Å²) in [5.74, 6) is 1.65. The molecule has 0 bridgehead atoms. The van der Waals surface area contributed by atoms with Crippen LogP contribution in [0.1, 0.15) is 22.3 Å². The van der Waals surface area contributed by atoms with Crippen molar-refractivity contribution < 1.29 is 4.74 Å². The van der Waals surface area contributed by atoms with Gasteiger partial charge in [0.1, 0.15) is 11.5 Å². The Morgan fingerprint density at radius 3 is 1.35 bits per heavy atom. The first-order valence-electron chi connectivity index (χ1n) is 29.0. The summed E-state index contributed by atoms with van der Waals surface area (Å²) in [4.78, 5) is 5.16. The van der Waals surface area contributed by atoms with Gasteiger partial charge in [0.25, 0.3) is 6.71 Å². The van der Waals surface area contributed by atoms with Crippen LogP contribution in [0.2, 0.25) is 0 Å². The lowest BCUT2D eigenvalue weighted by Crippen LogP contribution is -2.61. The van der Waals surface area contributed by atoms with Gasteiger partial charge in [0.15, 0.2) is 0 Å². The molecular formula is C79H52BN3O. The quantitative estimate of drug-likeness (QED) is 0.142. The van der Waals surface area contributed by atoms with Crippen molar-refractivity contribution in [1.29, 1.82) is 0 Å². The van der Waals surface area contributed by atoms with Crippen molar-refractivity contribution in [2.45, 2.75) is 5.41 Å². The van der Waals surface area contributed by atoms with Gasteiger partial charge in [-0.05, 0) is 98.3 Å². The van der Waals surface area contributed by atoms with Gasteiger partial charge in [-0.3, -0.25) is 0 Å². The van der Waals surface area contributed by atoms with Crippen molar-refractivity contribution in [2.75, 3.05) is 9.80 Å². The third-order valence-electron chi connectivity index (χ3n) is 17.9. The normalized spacial score (nSPS) is 13.4. The molecule has 13 aromatic carbocycles. The summed E-state index contributed by atoms with van der Waals surface area (Å²) < 4.78 is 9.94. The van der Waals surface area contributed by atoms with E-state index in [1.807, 2.05) is 0 Å². The fraction of sp³-hybridized carbons (Fsp3) is 0.0127. The second kappa shape index (κ2) is 19.1. The monoisotopic (exact) mass is 1070 g/mol. The number of benzene rings is 13. The lowest BCUT2D eigenvalue weighted by molar-refractivity contribution is 0.435. The maximum atomic E-state index is 7.45. The molecule has 0 amide bonds. The van der Waals surface area contributed by atoms with Crippen molar-refractivity contribution in [3.8, 4) is 50.6 Å². The van der Waals surface area contributed by atoms with E-state index in [9.17, 15) is 0 Å². The van der Waals surface area contributed by atoms with E-state index in [-0.39, 0.29) is 6.71 Å². The van der Waals surface area contributed by atoms with Crippen molar-refractivity contribution in [2.24, 2.45) is 0 Å². The zero-order chi connectivity index (χ0) is 55.3. The number of hydrogen-bond donors (Lipinski definition) is 0. The highest BCUT2D eigenvalue weighted by molar-refractivity contribution is 7.00. The molecule has 1 aromatic heterocycles. The summed E-state index contributed by atoms with van der Waals surface area (Å²) in [6, 6.07) is 116. The fourth-order valence-corrected chi connectivity index (χ4v) is 14.4. The zero-order valence-corrected chi connectivity index (χ0v) is 45.8. The molecule has 4 heterocycles. The van der Waals surface area contributed by atoms with E-state index < -0.39 is 5.41 Å². The van der Waals surface area contributed by atoms with E-state index in [2.05, 4.69) is 330 Å². The third kappa shape index (κ3) is 7.15. The summed E-state index contributed by atoms with van der Waals surface area (Å²) in [5, 5.41) is 2.42. The molecule has 0 radical (unpaired) electrons. The van der Waals surface area contributed by atoms with Crippen molar-refractivity contribution in [3.63, 3.8) is 0 Å². The maximum Gasteiger partial charge on any atom is 0.252 e. The fourth-order valence-electron chi connectivity index (χ4n) is 14.4. The number of rotatable bonds is 8. The smallest absolute Gasteiger partial charge is 0.252 e. The lowest BCUT2D eigenvalue weighted by Gasteiger charge is -2.47. The summed E-state index contributed by atoms with van der Waals surface area (Å²) in [6.07, 6.45) is 0. The van der Waals surface area contributed by atoms with E-state index in [4.69, 9.17) is 4.74 Å². The van der Waals surface area contributed by atoms with Crippen LogP contribution in [0, 0.1) is 0 Å². The molecule has 17 rings (SSSR count). The standard InChI is InChI=1S/C79H52BN3O/c1-6-26-53(27-7-1)56-46-47-72-66(48-56)80-67-51-65-77(84-76-45-25-20-40-64(76)79(65,57-32-12-4-13-33-57)58-34-14-5-15-35-58)52-73(67)83(69-42-22-17-37-61(69)55-30-10-3-11-31-55)75-50-59(81-70-43-23-18-38-62(70)63-39-19-24-44-71(63)81)49-74(78(75)80)82(72)68-41-21-16-36-60(68)54-28-8-2-9-29-54/h1-52H. The molecule has 0 fully saturated rings. The number of fused-ring (bicyclic) bond motifs is 9. The van der Waals surface area contributed by atoms with E-state index in [0.29, 0.717) is 0 Å². The summed E-state index contributed by atoms with van der Waals surface area (Å²) in [7, 11) is 0. The highest BCUT2D eigenvalue weighted by Crippen LogP contribution is 2.58. The van der Waals surface area contributed by atoms with Gasteiger partial charge in [0.05, 0.1) is 33.5 Å². The number of aromatic nitrogens is 1. The number of nitrogens with zero attached hydrogens (tertiary/aromatic N) is 3. The number of ether oxygens (including phenoxy) is 1. The third-order valence-corrected chi connectivity index (χ3v) is 17.9. The van der Waals surface area contributed by atoms with E-state index in [1.54, 1.807) is 0 Å². The Balaban J connectivity index is 1.06.